The van der Waals surface area contributed by atoms with Crippen LogP contribution >= 0.6 is 8.25 Å². The molecule has 1 atom stereocenters. The Labute approximate surface area is 251 Å². The zero-order valence-corrected chi connectivity index (χ0v) is 26.3. The van der Waals surface area contributed by atoms with Gasteiger partial charge in [0, 0.05) is 25.7 Å². The SMILES string of the molecule is CCCCCc1c(O[PH](=O)O)c(N=Nc2ccc(N(CC)CC)cc2NC(C)=O)c([N+](=O)[O-])c(CCCCC)c1[N+](=O)[O-]. The topological polar surface area (TPSA) is 190 Å². The fourth-order valence-corrected chi connectivity index (χ4v) is 5.26. The number of carbonyl (C=O) groups excluding carboxylic acids is 1. The Kier molecular flexibility index (Phi) is 14.2. The number of nitro groups is 2. The van der Waals surface area contributed by atoms with Gasteiger partial charge >= 0.3 is 13.9 Å². The first-order valence-electron chi connectivity index (χ1n) is 14.5. The van der Waals surface area contributed by atoms with Gasteiger partial charge in [0.25, 0.3) is 5.69 Å². The summed E-state index contributed by atoms with van der Waals surface area (Å²) in [6.45, 7) is 10.6. The molecule has 0 heterocycles. The van der Waals surface area contributed by atoms with E-state index in [1.54, 1.807) is 18.2 Å². The molecule has 0 aliphatic carbocycles. The number of hydrogen-bond donors (Lipinski definition) is 2. The molecule has 0 radical (unpaired) electrons. The average molecular weight is 621 g/mol. The van der Waals surface area contributed by atoms with E-state index in [-0.39, 0.29) is 41.3 Å². The van der Waals surface area contributed by atoms with Gasteiger partial charge in [-0.15, -0.1) is 10.2 Å². The monoisotopic (exact) mass is 620 g/mol. The first-order valence-corrected chi connectivity index (χ1v) is 15.8. The fourth-order valence-electron chi connectivity index (χ4n) is 4.86. The van der Waals surface area contributed by atoms with Crippen molar-refractivity contribution >= 4 is 48.3 Å². The van der Waals surface area contributed by atoms with Crippen LogP contribution in [-0.2, 0) is 22.2 Å². The molecular weight excluding hydrogens is 579 g/mol. The van der Waals surface area contributed by atoms with Crippen molar-refractivity contribution in [1.82, 2.24) is 0 Å². The number of amides is 1. The van der Waals surface area contributed by atoms with Crippen LogP contribution in [0.25, 0.3) is 0 Å². The third kappa shape index (κ3) is 9.55. The Bertz CT molecular complexity index is 1360. The van der Waals surface area contributed by atoms with Crippen molar-refractivity contribution in [2.75, 3.05) is 23.3 Å². The summed E-state index contributed by atoms with van der Waals surface area (Å²) in [6, 6.07) is 5.04. The molecule has 0 fully saturated rings. The molecule has 15 heteroatoms. The minimum Gasteiger partial charge on any atom is -0.423 e. The summed E-state index contributed by atoms with van der Waals surface area (Å²) in [6.07, 6.45) is 3.96. The third-order valence-electron chi connectivity index (χ3n) is 6.86. The lowest BCUT2D eigenvalue weighted by molar-refractivity contribution is -0.395. The van der Waals surface area contributed by atoms with E-state index in [1.165, 1.54) is 6.92 Å². The summed E-state index contributed by atoms with van der Waals surface area (Å²) >= 11 is 0. The lowest BCUT2D eigenvalue weighted by atomic mass is 9.94. The van der Waals surface area contributed by atoms with Gasteiger partial charge in [0.05, 0.1) is 21.1 Å². The Morgan fingerprint density at radius 1 is 0.953 bits per heavy atom. The third-order valence-corrected chi connectivity index (χ3v) is 7.24. The van der Waals surface area contributed by atoms with Gasteiger partial charge < -0.3 is 19.6 Å². The van der Waals surface area contributed by atoms with Gasteiger partial charge in [-0.2, -0.15) is 0 Å². The smallest absolute Gasteiger partial charge is 0.365 e. The van der Waals surface area contributed by atoms with E-state index in [2.05, 4.69) is 15.5 Å². The number of benzene rings is 2. The van der Waals surface area contributed by atoms with E-state index in [0.717, 1.165) is 18.5 Å². The van der Waals surface area contributed by atoms with E-state index >= 15 is 0 Å². The van der Waals surface area contributed by atoms with E-state index < -0.39 is 40.9 Å². The summed E-state index contributed by atoms with van der Waals surface area (Å²) in [5.74, 6) is -0.890. The van der Waals surface area contributed by atoms with Crippen molar-refractivity contribution in [2.45, 2.75) is 86.0 Å². The first kappa shape index (κ1) is 35.3. The van der Waals surface area contributed by atoms with E-state index in [1.807, 2.05) is 32.6 Å². The molecule has 2 aromatic carbocycles. The minimum absolute atomic E-state index is 0.0219. The van der Waals surface area contributed by atoms with Crippen LogP contribution in [0.5, 0.6) is 5.75 Å². The molecule has 2 aromatic rings. The number of unbranched alkanes of at least 4 members (excludes halogenated alkanes) is 4. The summed E-state index contributed by atoms with van der Waals surface area (Å²) in [5, 5.41) is 35.9. The molecule has 2 N–H and O–H groups in total. The quantitative estimate of drug-likeness (QED) is 0.0547. The van der Waals surface area contributed by atoms with Crippen LogP contribution < -0.4 is 14.7 Å². The van der Waals surface area contributed by atoms with Gasteiger partial charge in [0.2, 0.25) is 11.6 Å². The van der Waals surface area contributed by atoms with Crippen LogP contribution in [0.1, 0.15) is 84.3 Å². The van der Waals surface area contributed by atoms with Crippen molar-refractivity contribution in [1.29, 1.82) is 0 Å². The highest BCUT2D eigenvalue weighted by molar-refractivity contribution is 7.32. The number of carbonyl (C=O) groups is 1. The number of nitrogens with zero attached hydrogens (tertiary/aromatic N) is 5. The highest BCUT2D eigenvalue weighted by Gasteiger charge is 2.38. The summed E-state index contributed by atoms with van der Waals surface area (Å²) in [4.78, 5) is 47.2. The van der Waals surface area contributed by atoms with Gasteiger partial charge in [-0.05, 0) is 57.7 Å². The molecular formula is C28H41N6O8P. The van der Waals surface area contributed by atoms with Crippen molar-refractivity contribution in [3.8, 4) is 5.75 Å². The maximum absolute atomic E-state index is 12.5. The van der Waals surface area contributed by atoms with Crippen LogP contribution in [0, 0.1) is 20.2 Å². The lowest BCUT2D eigenvalue weighted by Crippen LogP contribution is -2.21. The summed E-state index contributed by atoms with van der Waals surface area (Å²) in [5.41, 5.74) is -0.612. The molecule has 14 nitrogen and oxygen atoms in total. The second-order valence-corrected chi connectivity index (χ2v) is 10.6. The second-order valence-electron chi connectivity index (χ2n) is 9.88. The molecule has 236 valence electrons. The normalized spacial score (nSPS) is 11.9. The zero-order valence-electron chi connectivity index (χ0n) is 25.3. The number of nitrogens with one attached hydrogen (secondary N) is 1. The van der Waals surface area contributed by atoms with E-state index in [9.17, 15) is 34.5 Å². The molecule has 0 saturated heterocycles. The molecule has 0 aliphatic rings. The van der Waals surface area contributed by atoms with Crippen molar-refractivity contribution < 1.29 is 28.6 Å². The largest absolute Gasteiger partial charge is 0.423 e. The van der Waals surface area contributed by atoms with Crippen LogP contribution in [0.15, 0.2) is 28.4 Å². The van der Waals surface area contributed by atoms with Gasteiger partial charge in [0.15, 0.2) is 5.75 Å². The van der Waals surface area contributed by atoms with E-state index in [0.29, 0.717) is 38.8 Å². The molecule has 1 amide bonds. The predicted molar refractivity (Wildman–Crippen MR) is 167 cm³/mol. The van der Waals surface area contributed by atoms with Crippen LogP contribution in [-0.4, -0.2) is 33.7 Å². The highest BCUT2D eigenvalue weighted by Crippen LogP contribution is 2.52. The Morgan fingerprint density at radius 2 is 1.53 bits per heavy atom. The molecule has 0 aromatic heterocycles. The molecule has 43 heavy (non-hydrogen) atoms. The average Bonchev–Trinajstić information content (AvgIpc) is 2.93. The molecule has 2 rings (SSSR count). The molecule has 1 unspecified atom stereocenters. The maximum atomic E-state index is 12.5. The number of anilines is 2. The second kappa shape index (κ2) is 17.3. The number of azo groups is 1. The molecule has 0 aliphatic heterocycles. The zero-order chi connectivity index (χ0) is 32.1. The fraction of sp³-hybridized carbons (Fsp3) is 0.536. The Morgan fingerprint density at radius 3 is 2.02 bits per heavy atom. The Hall–Kier alpha value is -3.90. The molecule has 0 saturated carbocycles. The number of rotatable bonds is 18. The van der Waals surface area contributed by atoms with Crippen molar-refractivity contribution in [3.63, 3.8) is 0 Å². The van der Waals surface area contributed by atoms with E-state index in [4.69, 9.17) is 4.52 Å². The molecule has 0 bridgehead atoms. The number of nitro benzene ring substituents is 2. The minimum atomic E-state index is -3.76. The Balaban J connectivity index is 2.96. The van der Waals surface area contributed by atoms with Crippen LogP contribution in [0.2, 0.25) is 0 Å². The summed E-state index contributed by atoms with van der Waals surface area (Å²) < 4.78 is 17.2. The van der Waals surface area contributed by atoms with Gasteiger partial charge in [0.1, 0.15) is 11.3 Å². The maximum Gasteiger partial charge on any atom is 0.365 e. The highest BCUT2D eigenvalue weighted by atomic mass is 31.1. The van der Waals surface area contributed by atoms with Gasteiger partial charge in [-0.3, -0.25) is 25.0 Å². The summed E-state index contributed by atoms with van der Waals surface area (Å²) in [7, 11) is -3.76. The van der Waals surface area contributed by atoms with Gasteiger partial charge in [-0.1, -0.05) is 39.5 Å². The predicted octanol–water partition coefficient (Wildman–Crippen LogP) is 7.95. The van der Waals surface area contributed by atoms with Gasteiger partial charge in [-0.25, -0.2) is 4.57 Å². The van der Waals surface area contributed by atoms with Crippen LogP contribution in [0.3, 0.4) is 0 Å². The van der Waals surface area contributed by atoms with Crippen LogP contribution in [0.4, 0.5) is 34.1 Å². The lowest BCUT2D eigenvalue weighted by Gasteiger charge is -2.22. The molecule has 0 spiro atoms. The number of hydrogen-bond acceptors (Lipinski definition) is 10. The van der Waals surface area contributed by atoms with Crippen molar-refractivity contribution in [3.05, 3.63) is 49.6 Å². The van der Waals surface area contributed by atoms with Crippen molar-refractivity contribution in [2.24, 2.45) is 10.2 Å². The standard InChI is InChI=1S/C28H41N6O8P/c1-6-10-12-14-21-26(33(36)37)22(15-13-11-7-2)28(42-43(40)41)25(27(21)34(38)39)31-30-23-17-16-20(32(8-3)9-4)18-24(23)29-19(5)35/h16-18,43H,6-15H2,1-5H3,(H,29,35)(H,40,41). The first-order chi connectivity index (χ1) is 20.5.